The number of furan rings is 1. The third-order valence-corrected chi connectivity index (χ3v) is 12.0. The summed E-state index contributed by atoms with van der Waals surface area (Å²) in [6, 6.07) is 31.9. The fraction of sp³-hybridized carbons (Fsp3) is 0.327. The molecule has 1 aliphatic rings. The van der Waals surface area contributed by atoms with Crippen LogP contribution >= 0.6 is 0 Å². The van der Waals surface area contributed by atoms with E-state index in [1.54, 1.807) is 0 Å². The molecule has 6 nitrogen and oxygen atoms in total. The van der Waals surface area contributed by atoms with Gasteiger partial charge in [-0.2, -0.15) is 0 Å². The highest BCUT2D eigenvalue weighted by molar-refractivity contribution is 6.15. The molecule has 0 amide bonds. The van der Waals surface area contributed by atoms with Gasteiger partial charge in [-0.1, -0.05) is 85.7 Å². The lowest BCUT2D eigenvalue weighted by Crippen LogP contribution is -2.20. The number of aromatic nitrogens is 3. The van der Waals surface area contributed by atoms with Gasteiger partial charge in [-0.05, 0) is 138 Å². The molecule has 4 aromatic heterocycles. The summed E-state index contributed by atoms with van der Waals surface area (Å²) < 4.78 is 20.2. The van der Waals surface area contributed by atoms with E-state index >= 15 is 0 Å². The maximum Gasteiger partial charge on any atom is 0.201 e. The van der Waals surface area contributed by atoms with Gasteiger partial charge in [0.2, 0.25) is 5.89 Å². The molecule has 9 rings (SSSR count). The molecule has 0 N–H and O–H groups in total. The number of nitrogens with zero attached hydrogens (tertiary/aromatic N) is 3. The van der Waals surface area contributed by atoms with Crippen LogP contribution in [0, 0.1) is 12.3 Å². The van der Waals surface area contributed by atoms with E-state index in [2.05, 4.69) is 141 Å². The molecule has 4 heterocycles. The van der Waals surface area contributed by atoms with Crippen molar-refractivity contribution >= 4 is 33.0 Å². The minimum Gasteiger partial charge on any atom is -0.457 e. The van der Waals surface area contributed by atoms with Crippen LogP contribution in [0.15, 0.2) is 112 Å². The number of pyridine rings is 2. The predicted octanol–water partition coefficient (Wildman–Crippen LogP) is 14.9. The first-order valence-electron chi connectivity index (χ1n) is 20.7. The van der Waals surface area contributed by atoms with Crippen LogP contribution in [-0.4, -0.2) is 15.0 Å². The quantitative estimate of drug-likeness (QED) is 0.168. The van der Waals surface area contributed by atoms with Crippen LogP contribution in [0.25, 0.3) is 66.7 Å². The Morgan fingerprint density at radius 1 is 0.655 bits per heavy atom. The molecule has 1 saturated carbocycles. The molecule has 0 bridgehead atoms. The highest BCUT2D eigenvalue weighted by atomic mass is 16.5. The van der Waals surface area contributed by atoms with Gasteiger partial charge in [0.25, 0.3) is 0 Å². The molecule has 1 fully saturated rings. The Hall–Kier alpha value is -5.75. The van der Waals surface area contributed by atoms with Gasteiger partial charge in [0.1, 0.15) is 22.6 Å². The van der Waals surface area contributed by atoms with Gasteiger partial charge in [0.15, 0.2) is 11.2 Å². The zero-order chi connectivity index (χ0) is 40.6. The number of hydrogen-bond acceptors (Lipinski definition) is 6. The van der Waals surface area contributed by atoms with Crippen LogP contribution < -0.4 is 4.74 Å². The van der Waals surface area contributed by atoms with Crippen molar-refractivity contribution in [1.82, 2.24) is 15.0 Å². The lowest BCUT2D eigenvalue weighted by Gasteiger charge is -2.34. The van der Waals surface area contributed by atoms with E-state index in [1.807, 2.05) is 24.5 Å². The van der Waals surface area contributed by atoms with Crippen molar-refractivity contribution in [2.24, 2.45) is 5.41 Å². The molecule has 0 radical (unpaired) electrons. The summed E-state index contributed by atoms with van der Waals surface area (Å²) in [5.41, 5.74) is 12.4. The largest absolute Gasteiger partial charge is 0.457 e. The first-order chi connectivity index (χ1) is 27.6. The third-order valence-electron chi connectivity index (χ3n) is 12.0. The first-order valence-corrected chi connectivity index (χ1v) is 20.7. The summed E-state index contributed by atoms with van der Waals surface area (Å²) in [6.45, 7) is 19.9. The predicted molar refractivity (Wildman–Crippen MR) is 237 cm³/mol. The van der Waals surface area contributed by atoms with Crippen molar-refractivity contribution in [1.29, 1.82) is 0 Å². The fourth-order valence-electron chi connectivity index (χ4n) is 8.68. The molecule has 58 heavy (non-hydrogen) atoms. The lowest BCUT2D eigenvalue weighted by atomic mass is 9.71. The average Bonchev–Trinajstić information content (AvgIpc) is 3.80. The van der Waals surface area contributed by atoms with E-state index in [9.17, 15) is 0 Å². The lowest BCUT2D eigenvalue weighted by molar-refractivity contribution is 0.224. The monoisotopic (exact) mass is 767 g/mol. The molecule has 6 heteroatoms. The van der Waals surface area contributed by atoms with E-state index in [0.29, 0.717) is 34.1 Å². The number of aryl methyl sites for hydroxylation is 1. The SMILES string of the molecule is Cc1cnc(-c2cc(Oc3cc(-c4ccccc4)cc(-c4cc(C5CCC(C)(C)CC5)ccn4)c3)cc3c2oc2c3ccc3nc(C(C)(C)C)oc32)cc1C(C)(C)C. The van der Waals surface area contributed by atoms with Gasteiger partial charge in [-0.3, -0.25) is 9.97 Å². The highest BCUT2D eigenvalue weighted by Crippen LogP contribution is 2.45. The van der Waals surface area contributed by atoms with Crippen molar-refractivity contribution in [3.8, 4) is 45.1 Å². The van der Waals surface area contributed by atoms with Crippen molar-refractivity contribution in [2.75, 3.05) is 0 Å². The fourth-order valence-corrected chi connectivity index (χ4v) is 8.68. The first kappa shape index (κ1) is 37.8. The van der Waals surface area contributed by atoms with Crippen LogP contribution in [0.2, 0.25) is 0 Å². The van der Waals surface area contributed by atoms with Crippen LogP contribution in [0.5, 0.6) is 11.5 Å². The average molecular weight is 768 g/mol. The maximum absolute atomic E-state index is 6.99. The number of ether oxygens (including phenoxy) is 1. The van der Waals surface area contributed by atoms with Crippen molar-refractivity contribution in [2.45, 2.75) is 105 Å². The standard InChI is InChI=1S/C52H53N3O3/c1-31-30-54-45(29-42(31)50(2,3)4)41-28-38(27-40-39-15-16-43-48(47(39)57-46(40)41)58-49(55-43)51(5,6)7)56-37-24-35(32-13-11-10-12-14-32)23-36(25-37)44-26-34(19-22-53-44)33-17-20-52(8,9)21-18-33/h10-16,19,22-30,33H,17-18,20-21H2,1-9H3. The number of rotatable bonds is 6. The van der Waals surface area contributed by atoms with Gasteiger partial charge in [-0.15, -0.1) is 0 Å². The van der Waals surface area contributed by atoms with Gasteiger partial charge < -0.3 is 13.6 Å². The second-order valence-electron chi connectivity index (χ2n) is 19.3. The van der Waals surface area contributed by atoms with E-state index in [4.69, 9.17) is 28.5 Å². The van der Waals surface area contributed by atoms with Crippen LogP contribution in [0.3, 0.4) is 0 Å². The topological polar surface area (TPSA) is 74.2 Å². The summed E-state index contributed by atoms with van der Waals surface area (Å²) in [5, 5.41) is 1.85. The Bertz CT molecular complexity index is 2820. The zero-order valence-electron chi connectivity index (χ0n) is 35.3. The summed E-state index contributed by atoms with van der Waals surface area (Å²) in [7, 11) is 0. The Morgan fingerprint density at radius 2 is 1.40 bits per heavy atom. The molecule has 0 aliphatic heterocycles. The minimum absolute atomic E-state index is 0.0779. The van der Waals surface area contributed by atoms with Gasteiger partial charge in [-0.25, -0.2) is 4.98 Å². The van der Waals surface area contributed by atoms with E-state index in [0.717, 1.165) is 66.8 Å². The number of hydrogen-bond donors (Lipinski definition) is 0. The molecule has 8 aromatic rings. The minimum atomic E-state index is -0.254. The Kier molecular flexibility index (Phi) is 9.11. The highest BCUT2D eigenvalue weighted by Gasteiger charge is 2.29. The number of oxazole rings is 1. The van der Waals surface area contributed by atoms with E-state index in [-0.39, 0.29) is 10.8 Å². The Labute approximate surface area is 341 Å². The molecule has 294 valence electrons. The van der Waals surface area contributed by atoms with Gasteiger partial charge >= 0.3 is 0 Å². The summed E-state index contributed by atoms with van der Waals surface area (Å²) in [5.74, 6) is 2.62. The zero-order valence-corrected chi connectivity index (χ0v) is 35.3. The van der Waals surface area contributed by atoms with Crippen molar-refractivity contribution in [3.05, 3.63) is 126 Å². The van der Waals surface area contributed by atoms with Crippen LogP contribution in [-0.2, 0) is 10.8 Å². The molecular formula is C52H53N3O3. The number of benzene rings is 4. The second kappa shape index (κ2) is 14.0. The van der Waals surface area contributed by atoms with Crippen LogP contribution in [0.1, 0.15) is 110 Å². The van der Waals surface area contributed by atoms with Crippen molar-refractivity contribution in [3.63, 3.8) is 0 Å². The molecule has 0 atom stereocenters. The Balaban J connectivity index is 1.20. The van der Waals surface area contributed by atoms with Crippen LogP contribution in [0.4, 0.5) is 0 Å². The normalized spacial score (nSPS) is 15.1. The summed E-state index contributed by atoms with van der Waals surface area (Å²) >= 11 is 0. The van der Waals surface area contributed by atoms with Gasteiger partial charge in [0.05, 0.1) is 11.4 Å². The molecule has 0 saturated heterocycles. The van der Waals surface area contributed by atoms with Crippen molar-refractivity contribution < 1.29 is 13.6 Å². The molecule has 4 aromatic carbocycles. The summed E-state index contributed by atoms with van der Waals surface area (Å²) in [6.07, 6.45) is 8.83. The summed E-state index contributed by atoms with van der Waals surface area (Å²) in [4.78, 5) is 14.8. The van der Waals surface area contributed by atoms with E-state index in [1.165, 1.54) is 36.8 Å². The smallest absolute Gasteiger partial charge is 0.201 e. The maximum atomic E-state index is 6.99. The molecule has 0 unspecified atom stereocenters. The third kappa shape index (κ3) is 7.18. The molecule has 0 spiro atoms. The van der Waals surface area contributed by atoms with E-state index < -0.39 is 0 Å². The molecular weight excluding hydrogens is 715 g/mol. The second-order valence-corrected chi connectivity index (χ2v) is 19.3. The molecule has 1 aliphatic carbocycles. The Morgan fingerprint density at radius 3 is 2.14 bits per heavy atom. The number of fused-ring (bicyclic) bond motifs is 5. The van der Waals surface area contributed by atoms with Gasteiger partial charge in [0, 0.05) is 39.7 Å².